The predicted octanol–water partition coefficient (Wildman–Crippen LogP) is 4.54. The molecule has 4 heteroatoms. The lowest BCUT2D eigenvalue weighted by Crippen LogP contribution is -2.47. The quantitative estimate of drug-likeness (QED) is 0.802. The molecule has 0 saturated heterocycles. The van der Waals surface area contributed by atoms with Gasteiger partial charge in [-0.25, -0.2) is 0 Å². The maximum atomic E-state index is 6.14. The van der Waals surface area contributed by atoms with Gasteiger partial charge in [-0.2, -0.15) is 0 Å². The molecule has 0 amide bonds. The van der Waals surface area contributed by atoms with Gasteiger partial charge in [-0.15, -0.1) is 22.9 Å². The molecule has 1 aromatic heterocycles. The highest BCUT2D eigenvalue weighted by atomic mass is 79.9. The van der Waals surface area contributed by atoms with Crippen LogP contribution < -0.4 is 5.32 Å². The average Bonchev–Trinajstić information content (AvgIpc) is 2.74. The van der Waals surface area contributed by atoms with Gasteiger partial charge in [-0.05, 0) is 34.8 Å². The molecule has 0 spiro atoms. The van der Waals surface area contributed by atoms with Crippen LogP contribution in [-0.4, -0.2) is 11.4 Å². The first-order valence-electron chi connectivity index (χ1n) is 5.78. The summed E-state index contributed by atoms with van der Waals surface area (Å²) in [5.74, 6) is 0.736. The highest BCUT2D eigenvalue weighted by Gasteiger charge is 2.30. The number of nitrogens with one attached hydrogen (secondary N) is 1. The van der Waals surface area contributed by atoms with Crippen LogP contribution in [0.25, 0.3) is 0 Å². The summed E-state index contributed by atoms with van der Waals surface area (Å²) in [4.78, 5) is 1.38. The Bertz CT molecular complexity index is 334. The Hall–Kier alpha value is 0.430. The molecule has 16 heavy (non-hydrogen) atoms. The van der Waals surface area contributed by atoms with Crippen molar-refractivity contribution < 1.29 is 0 Å². The van der Waals surface area contributed by atoms with Gasteiger partial charge in [0.05, 0.1) is 0 Å². The second-order valence-corrected chi connectivity index (χ2v) is 6.74. The van der Waals surface area contributed by atoms with Crippen LogP contribution in [0, 0.1) is 0 Å². The Kier molecular flexibility index (Phi) is 4.71. The molecule has 1 saturated carbocycles. The SMILES string of the molecule is ClCC1(NCc2cc(Br)cs2)CCCCC1. The number of alkyl halides is 1. The minimum atomic E-state index is 0.191. The molecular weight excluding hydrogens is 306 g/mol. The van der Waals surface area contributed by atoms with Gasteiger partial charge < -0.3 is 5.32 Å². The first kappa shape index (κ1) is 12.9. The second kappa shape index (κ2) is 5.85. The third-order valence-electron chi connectivity index (χ3n) is 3.33. The van der Waals surface area contributed by atoms with E-state index in [-0.39, 0.29) is 5.54 Å². The monoisotopic (exact) mass is 321 g/mol. The van der Waals surface area contributed by atoms with E-state index in [4.69, 9.17) is 11.6 Å². The van der Waals surface area contributed by atoms with Crippen LogP contribution in [0.2, 0.25) is 0 Å². The smallest absolute Gasteiger partial charge is 0.0406 e. The summed E-state index contributed by atoms with van der Waals surface area (Å²) in [6, 6.07) is 2.18. The van der Waals surface area contributed by atoms with Crippen LogP contribution in [0.3, 0.4) is 0 Å². The van der Waals surface area contributed by atoms with Crippen LogP contribution in [0.4, 0.5) is 0 Å². The largest absolute Gasteiger partial charge is 0.305 e. The zero-order valence-corrected chi connectivity index (χ0v) is 12.4. The first-order valence-corrected chi connectivity index (χ1v) is 7.99. The molecule has 1 heterocycles. The van der Waals surface area contributed by atoms with Gasteiger partial charge in [0.15, 0.2) is 0 Å². The van der Waals surface area contributed by atoms with Crippen molar-refractivity contribution in [3.05, 3.63) is 20.8 Å². The summed E-state index contributed by atoms with van der Waals surface area (Å²) in [6.45, 7) is 0.947. The van der Waals surface area contributed by atoms with Crippen LogP contribution in [0.1, 0.15) is 37.0 Å². The van der Waals surface area contributed by atoms with Crippen LogP contribution in [0.15, 0.2) is 15.9 Å². The molecule has 1 fully saturated rings. The fraction of sp³-hybridized carbons (Fsp3) is 0.667. The van der Waals surface area contributed by atoms with E-state index < -0.39 is 0 Å². The van der Waals surface area contributed by atoms with Gasteiger partial charge in [-0.1, -0.05) is 19.3 Å². The van der Waals surface area contributed by atoms with Crippen LogP contribution >= 0.6 is 38.9 Å². The molecule has 0 atom stereocenters. The minimum absolute atomic E-state index is 0.191. The summed E-state index contributed by atoms with van der Waals surface area (Å²) in [6.07, 6.45) is 6.44. The molecule has 1 aromatic rings. The highest BCUT2D eigenvalue weighted by molar-refractivity contribution is 9.10. The predicted molar refractivity (Wildman–Crippen MR) is 75.4 cm³/mol. The lowest BCUT2D eigenvalue weighted by Gasteiger charge is -2.36. The Morgan fingerprint density at radius 2 is 2.12 bits per heavy atom. The molecule has 1 aliphatic carbocycles. The molecule has 90 valence electrons. The van der Waals surface area contributed by atoms with Gasteiger partial charge in [0, 0.05) is 32.7 Å². The van der Waals surface area contributed by atoms with Gasteiger partial charge in [-0.3, -0.25) is 0 Å². The maximum Gasteiger partial charge on any atom is 0.0406 e. The standard InChI is InChI=1S/C12H17BrClNS/c13-10-6-11(16-8-10)7-15-12(9-14)4-2-1-3-5-12/h6,8,15H,1-5,7,9H2. The Morgan fingerprint density at radius 3 is 2.69 bits per heavy atom. The first-order chi connectivity index (χ1) is 7.74. The van der Waals surface area contributed by atoms with Gasteiger partial charge >= 0.3 is 0 Å². The molecular formula is C12H17BrClNS. The summed E-state index contributed by atoms with van der Waals surface area (Å²) in [5.41, 5.74) is 0.191. The van der Waals surface area contributed by atoms with E-state index in [2.05, 4.69) is 32.7 Å². The number of hydrogen-bond donors (Lipinski definition) is 1. The van der Waals surface area contributed by atoms with E-state index in [1.54, 1.807) is 11.3 Å². The van der Waals surface area contributed by atoms with E-state index in [1.807, 2.05) is 0 Å². The zero-order valence-electron chi connectivity index (χ0n) is 9.27. The molecule has 0 radical (unpaired) electrons. The van der Waals surface area contributed by atoms with Gasteiger partial charge in [0.1, 0.15) is 0 Å². The average molecular weight is 323 g/mol. The fourth-order valence-electron chi connectivity index (χ4n) is 2.31. The molecule has 2 rings (SSSR count). The van der Waals surface area contributed by atoms with E-state index in [9.17, 15) is 0 Å². The summed E-state index contributed by atoms with van der Waals surface area (Å²) >= 11 is 11.4. The maximum absolute atomic E-state index is 6.14. The second-order valence-electron chi connectivity index (χ2n) is 4.56. The van der Waals surface area contributed by atoms with Crippen molar-refractivity contribution in [1.82, 2.24) is 5.32 Å². The third-order valence-corrected chi connectivity index (χ3v) is 5.54. The number of thiophene rings is 1. The minimum Gasteiger partial charge on any atom is -0.305 e. The Balaban J connectivity index is 1.91. The van der Waals surface area contributed by atoms with Crippen LogP contribution in [0.5, 0.6) is 0 Å². The Morgan fingerprint density at radius 1 is 1.38 bits per heavy atom. The zero-order chi connectivity index (χ0) is 11.4. The van der Waals surface area contributed by atoms with Crippen LogP contribution in [-0.2, 0) is 6.54 Å². The van der Waals surface area contributed by atoms with Gasteiger partial charge in [0.25, 0.3) is 0 Å². The topological polar surface area (TPSA) is 12.0 Å². The van der Waals surface area contributed by atoms with Crippen molar-refractivity contribution in [2.24, 2.45) is 0 Å². The van der Waals surface area contributed by atoms with Crippen molar-refractivity contribution in [3.8, 4) is 0 Å². The van der Waals surface area contributed by atoms with E-state index in [0.29, 0.717) is 0 Å². The fourth-order valence-corrected chi connectivity index (χ4v) is 4.06. The summed E-state index contributed by atoms with van der Waals surface area (Å²) in [5, 5.41) is 5.80. The molecule has 1 N–H and O–H groups in total. The lowest BCUT2D eigenvalue weighted by molar-refractivity contribution is 0.257. The van der Waals surface area contributed by atoms with Crippen molar-refractivity contribution in [2.45, 2.75) is 44.2 Å². The van der Waals surface area contributed by atoms with Crippen molar-refractivity contribution in [3.63, 3.8) is 0 Å². The lowest BCUT2D eigenvalue weighted by atomic mass is 9.83. The molecule has 0 unspecified atom stereocenters. The molecule has 0 bridgehead atoms. The summed E-state index contributed by atoms with van der Waals surface area (Å²) in [7, 11) is 0. The van der Waals surface area contributed by atoms with E-state index in [1.165, 1.54) is 41.5 Å². The number of halogens is 2. The van der Waals surface area contributed by atoms with Crippen molar-refractivity contribution >= 4 is 38.9 Å². The van der Waals surface area contributed by atoms with E-state index in [0.717, 1.165) is 12.4 Å². The highest BCUT2D eigenvalue weighted by Crippen LogP contribution is 2.30. The van der Waals surface area contributed by atoms with Crippen molar-refractivity contribution in [2.75, 3.05) is 5.88 Å². The third kappa shape index (κ3) is 3.22. The number of hydrogen-bond acceptors (Lipinski definition) is 2. The summed E-state index contributed by atoms with van der Waals surface area (Å²) < 4.78 is 1.18. The molecule has 0 aromatic carbocycles. The van der Waals surface area contributed by atoms with Gasteiger partial charge in [0.2, 0.25) is 0 Å². The van der Waals surface area contributed by atoms with Crippen molar-refractivity contribution in [1.29, 1.82) is 0 Å². The Labute approximate surface area is 115 Å². The molecule has 1 nitrogen and oxygen atoms in total. The number of rotatable bonds is 4. The normalized spacial score (nSPS) is 19.9. The molecule has 0 aliphatic heterocycles. The van der Waals surface area contributed by atoms with E-state index >= 15 is 0 Å². The molecule has 1 aliphatic rings.